The van der Waals surface area contributed by atoms with Crippen LogP contribution in [0.1, 0.15) is 12.5 Å². The van der Waals surface area contributed by atoms with E-state index in [1.807, 2.05) is 0 Å². The number of hydrogen-bond donors (Lipinski definition) is 0. The van der Waals surface area contributed by atoms with Crippen molar-refractivity contribution in [2.24, 2.45) is 0 Å². The minimum absolute atomic E-state index is 0.0639. The third kappa shape index (κ3) is 2.96. The van der Waals surface area contributed by atoms with Gasteiger partial charge in [-0.15, -0.1) is 0 Å². The molecule has 0 N–H and O–H groups in total. The van der Waals surface area contributed by atoms with Crippen molar-refractivity contribution in [3.8, 4) is 5.75 Å². The van der Waals surface area contributed by atoms with Crippen LogP contribution >= 0.6 is 0 Å². The highest BCUT2D eigenvalue weighted by Crippen LogP contribution is 2.23. The molecule has 1 atom stereocenters. The first-order chi connectivity index (χ1) is 9.51. The molecule has 20 heavy (non-hydrogen) atoms. The molecule has 0 saturated heterocycles. The molecule has 6 heteroatoms. The maximum atomic E-state index is 13.4. The van der Waals surface area contributed by atoms with Gasteiger partial charge in [0.25, 0.3) is 0 Å². The fourth-order valence-corrected chi connectivity index (χ4v) is 1.75. The van der Waals surface area contributed by atoms with Crippen LogP contribution in [0.25, 0.3) is 11.0 Å². The van der Waals surface area contributed by atoms with Crippen LogP contribution in [0.15, 0.2) is 33.5 Å². The van der Waals surface area contributed by atoms with E-state index in [0.29, 0.717) is 5.39 Å². The number of carbonyl (C=O) groups is 1. The van der Waals surface area contributed by atoms with Crippen molar-refractivity contribution < 1.29 is 23.1 Å². The molecule has 106 valence electrons. The van der Waals surface area contributed by atoms with Gasteiger partial charge >= 0.3 is 18.0 Å². The van der Waals surface area contributed by atoms with Crippen molar-refractivity contribution >= 4 is 16.9 Å². The summed E-state index contributed by atoms with van der Waals surface area (Å²) in [7, 11) is 0. The number of benzene rings is 1. The predicted molar refractivity (Wildman–Crippen MR) is 69.4 cm³/mol. The van der Waals surface area contributed by atoms with Gasteiger partial charge in [0.2, 0.25) is 0 Å². The molecule has 0 aliphatic rings. The maximum absolute atomic E-state index is 13.4. The molecule has 0 aliphatic heterocycles. The van der Waals surface area contributed by atoms with Gasteiger partial charge in [0.15, 0.2) is 0 Å². The van der Waals surface area contributed by atoms with E-state index in [1.54, 1.807) is 19.9 Å². The van der Waals surface area contributed by atoms with Crippen molar-refractivity contribution in [3.05, 3.63) is 40.2 Å². The van der Waals surface area contributed by atoms with Crippen LogP contribution in [0, 0.1) is 6.92 Å². The first-order valence-electron chi connectivity index (χ1n) is 6.03. The fourth-order valence-electron chi connectivity index (χ4n) is 1.75. The topological polar surface area (TPSA) is 65.7 Å². The van der Waals surface area contributed by atoms with Gasteiger partial charge in [-0.2, -0.15) is 4.39 Å². The second kappa shape index (κ2) is 5.73. The minimum Gasteiger partial charge on any atom is -0.461 e. The van der Waals surface area contributed by atoms with Crippen LogP contribution in [-0.4, -0.2) is 18.9 Å². The average molecular weight is 280 g/mol. The molecule has 0 amide bonds. The van der Waals surface area contributed by atoms with Crippen molar-refractivity contribution in [2.45, 2.75) is 20.2 Å². The van der Waals surface area contributed by atoms with Gasteiger partial charge in [-0.1, -0.05) is 0 Å². The molecule has 0 spiro atoms. The minimum atomic E-state index is -2.22. The Labute approximate surface area is 113 Å². The van der Waals surface area contributed by atoms with Gasteiger partial charge in [-0.05, 0) is 31.5 Å². The summed E-state index contributed by atoms with van der Waals surface area (Å²) < 4.78 is 27.7. The first kappa shape index (κ1) is 14.0. The molecule has 0 saturated carbocycles. The molecule has 1 unspecified atom stereocenters. The highest BCUT2D eigenvalue weighted by molar-refractivity contribution is 5.81. The maximum Gasteiger partial charge on any atom is 0.381 e. The zero-order valence-electron chi connectivity index (χ0n) is 11.0. The van der Waals surface area contributed by atoms with Gasteiger partial charge in [-0.25, -0.2) is 9.59 Å². The van der Waals surface area contributed by atoms with Crippen molar-refractivity contribution in [1.82, 2.24) is 0 Å². The smallest absolute Gasteiger partial charge is 0.381 e. The average Bonchev–Trinajstić information content (AvgIpc) is 2.38. The van der Waals surface area contributed by atoms with E-state index in [1.165, 1.54) is 18.2 Å². The van der Waals surface area contributed by atoms with Crippen LogP contribution in [0.5, 0.6) is 5.75 Å². The third-order valence-corrected chi connectivity index (χ3v) is 2.63. The number of ether oxygens (including phenoxy) is 2. The molecule has 2 aromatic rings. The Morgan fingerprint density at radius 2 is 2.15 bits per heavy atom. The number of hydrogen-bond acceptors (Lipinski definition) is 5. The fraction of sp³-hybridized carbons (Fsp3) is 0.286. The molecule has 1 heterocycles. The Morgan fingerprint density at radius 1 is 1.40 bits per heavy atom. The summed E-state index contributed by atoms with van der Waals surface area (Å²) in [6.07, 6.45) is -2.22. The van der Waals surface area contributed by atoms with Crippen LogP contribution in [0.2, 0.25) is 0 Å². The molecule has 0 fully saturated rings. The molecule has 5 nitrogen and oxygen atoms in total. The lowest BCUT2D eigenvalue weighted by Gasteiger charge is -2.10. The van der Waals surface area contributed by atoms with Crippen molar-refractivity contribution in [3.63, 3.8) is 0 Å². The van der Waals surface area contributed by atoms with Crippen LogP contribution in [-0.2, 0) is 9.53 Å². The summed E-state index contributed by atoms with van der Waals surface area (Å²) in [5.41, 5.74) is 0.503. The van der Waals surface area contributed by atoms with Crippen molar-refractivity contribution in [1.29, 1.82) is 0 Å². The SMILES string of the molecule is CCOC(=O)C(F)Oc1ccc2c(C)cc(=O)oc2c1. The number of rotatable bonds is 4. The monoisotopic (exact) mass is 280 g/mol. The van der Waals surface area contributed by atoms with E-state index >= 15 is 0 Å². The largest absolute Gasteiger partial charge is 0.461 e. The van der Waals surface area contributed by atoms with Crippen LogP contribution < -0.4 is 10.4 Å². The van der Waals surface area contributed by atoms with Gasteiger partial charge in [0, 0.05) is 17.5 Å². The standard InChI is InChI=1S/C14H13FO5/c1-3-18-14(17)13(15)19-9-4-5-10-8(2)6-12(16)20-11(10)7-9/h4-7,13H,3H2,1-2H3. The molecule has 0 aliphatic carbocycles. The summed E-state index contributed by atoms with van der Waals surface area (Å²) in [6.45, 7) is 3.39. The van der Waals surface area contributed by atoms with E-state index in [0.717, 1.165) is 5.56 Å². The predicted octanol–water partition coefficient (Wildman–Crippen LogP) is 2.34. The van der Waals surface area contributed by atoms with E-state index in [9.17, 15) is 14.0 Å². The number of halogens is 1. The highest BCUT2D eigenvalue weighted by atomic mass is 19.1. The Balaban J connectivity index is 2.28. The summed E-state index contributed by atoms with van der Waals surface area (Å²) in [5, 5.41) is 0.712. The quantitative estimate of drug-likeness (QED) is 0.635. The lowest BCUT2D eigenvalue weighted by molar-refractivity contribution is -0.159. The zero-order chi connectivity index (χ0) is 14.7. The van der Waals surface area contributed by atoms with Crippen LogP contribution in [0.3, 0.4) is 0 Å². The normalized spacial score (nSPS) is 12.2. The number of alkyl halides is 1. The Bertz CT molecular complexity index is 692. The van der Waals surface area contributed by atoms with E-state index in [4.69, 9.17) is 9.15 Å². The molecular formula is C14H13FO5. The second-order valence-electron chi connectivity index (χ2n) is 4.09. The first-order valence-corrected chi connectivity index (χ1v) is 6.03. The lowest BCUT2D eigenvalue weighted by Crippen LogP contribution is -2.24. The van der Waals surface area contributed by atoms with Crippen molar-refractivity contribution in [2.75, 3.05) is 6.61 Å². The molecular weight excluding hydrogens is 267 g/mol. The lowest BCUT2D eigenvalue weighted by atomic mass is 10.1. The van der Waals surface area contributed by atoms with Gasteiger partial charge in [0.05, 0.1) is 6.61 Å². The van der Waals surface area contributed by atoms with Gasteiger partial charge in [-0.3, -0.25) is 0 Å². The van der Waals surface area contributed by atoms with Crippen LogP contribution in [0.4, 0.5) is 4.39 Å². The molecule has 1 aromatic heterocycles. The summed E-state index contributed by atoms with van der Waals surface area (Å²) in [4.78, 5) is 22.4. The summed E-state index contributed by atoms with van der Waals surface area (Å²) in [6, 6.07) is 5.83. The number of fused-ring (bicyclic) bond motifs is 1. The highest BCUT2D eigenvalue weighted by Gasteiger charge is 2.20. The molecule has 1 aromatic carbocycles. The molecule has 2 rings (SSSR count). The van der Waals surface area contributed by atoms with Gasteiger partial charge in [0.1, 0.15) is 11.3 Å². The van der Waals surface area contributed by atoms with E-state index < -0.39 is 18.0 Å². The Kier molecular flexibility index (Phi) is 4.02. The molecule has 0 bridgehead atoms. The van der Waals surface area contributed by atoms with E-state index in [2.05, 4.69) is 4.74 Å². The Morgan fingerprint density at radius 3 is 2.85 bits per heavy atom. The summed E-state index contributed by atoms with van der Waals surface area (Å²) >= 11 is 0. The third-order valence-electron chi connectivity index (χ3n) is 2.63. The second-order valence-corrected chi connectivity index (χ2v) is 4.09. The zero-order valence-corrected chi connectivity index (χ0v) is 11.0. The number of esters is 1. The number of carbonyl (C=O) groups excluding carboxylic acids is 1. The molecule has 0 radical (unpaired) electrons. The number of aryl methyl sites for hydroxylation is 1. The van der Waals surface area contributed by atoms with E-state index in [-0.39, 0.29) is 17.9 Å². The Hall–Kier alpha value is -2.37. The van der Waals surface area contributed by atoms with Gasteiger partial charge < -0.3 is 13.9 Å². The summed E-state index contributed by atoms with van der Waals surface area (Å²) in [5.74, 6) is -1.02.